The molecular weight excluding hydrogens is 486 g/mol. The zero-order valence-corrected chi connectivity index (χ0v) is 21.3. The van der Waals surface area contributed by atoms with Gasteiger partial charge in [0.25, 0.3) is 5.91 Å². The van der Waals surface area contributed by atoms with E-state index >= 15 is 0 Å². The Kier molecular flexibility index (Phi) is 8.55. The monoisotopic (exact) mass is 513 g/mol. The SMILES string of the molecule is C=CCN(CC=C)S(=O)(=O)c1ccc(C(=O)N=c2sc3cc(C(=O)OCC)ccc3n2CC)cc1. The van der Waals surface area contributed by atoms with Crippen molar-refractivity contribution in [1.29, 1.82) is 0 Å². The average Bonchev–Trinajstić information content (AvgIpc) is 3.20. The molecule has 0 unspecified atom stereocenters. The number of carbonyl (C=O) groups is 2. The van der Waals surface area contributed by atoms with Crippen LogP contribution in [0, 0.1) is 0 Å². The van der Waals surface area contributed by atoms with Crippen LogP contribution in [0.15, 0.2) is 77.7 Å². The molecule has 0 saturated carbocycles. The number of benzene rings is 2. The predicted octanol–water partition coefficient (Wildman–Crippen LogP) is 4.00. The number of fused-ring (bicyclic) bond motifs is 1. The number of carbonyl (C=O) groups excluding carboxylic acids is 2. The molecule has 0 atom stereocenters. The van der Waals surface area contributed by atoms with Crippen molar-refractivity contribution in [3.05, 3.63) is 83.7 Å². The molecule has 0 N–H and O–H groups in total. The van der Waals surface area contributed by atoms with Crippen LogP contribution >= 0.6 is 11.3 Å². The molecular formula is C25H27N3O5S2. The Bertz CT molecular complexity index is 1420. The van der Waals surface area contributed by atoms with Crippen molar-refractivity contribution in [3.8, 4) is 0 Å². The number of nitrogens with zero attached hydrogens (tertiary/aromatic N) is 3. The molecule has 0 bridgehead atoms. The average molecular weight is 514 g/mol. The molecule has 1 aromatic heterocycles. The first-order valence-corrected chi connectivity index (χ1v) is 13.2. The van der Waals surface area contributed by atoms with Gasteiger partial charge in [-0.1, -0.05) is 23.5 Å². The van der Waals surface area contributed by atoms with Gasteiger partial charge in [0.15, 0.2) is 4.80 Å². The van der Waals surface area contributed by atoms with E-state index in [1.54, 1.807) is 19.1 Å². The van der Waals surface area contributed by atoms with E-state index in [9.17, 15) is 18.0 Å². The van der Waals surface area contributed by atoms with Crippen LogP contribution in [-0.4, -0.2) is 48.9 Å². The Hall–Kier alpha value is -3.34. The van der Waals surface area contributed by atoms with E-state index in [4.69, 9.17) is 4.74 Å². The summed E-state index contributed by atoms with van der Waals surface area (Å²) >= 11 is 1.29. The highest BCUT2D eigenvalue weighted by molar-refractivity contribution is 7.89. The Morgan fingerprint density at radius 1 is 1.06 bits per heavy atom. The van der Waals surface area contributed by atoms with Gasteiger partial charge in [0.05, 0.1) is 27.3 Å². The van der Waals surface area contributed by atoms with Crippen LogP contribution in [0.4, 0.5) is 0 Å². The second-order valence-corrected chi connectivity index (χ2v) is 10.3. The summed E-state index contributed by atoms with van der Waals surface area (Å²) in [5, 5.41) is 0. The van der Waals surface area contributed by atoms with E-state index < -0.39 is 21.9 Å². The second-order valence-electron chi connectivity index (χ2n) is 7.37. The number of rotatable bonds is 10. The van der Waals surface area contributed by atoms with Crippen LogP contribution in [0.25, 0.3) is 10.2 Å². The highest BCUT2D eigenvalue weighted by Gasteiger charge is 2.22. The number of sulfonamides is 1. The van der Waals surface area contributed by atoms with Crippen molar-refractivity contribution < 1.29 is 22.7 Å². The topological polar surface area (TPSA) is 98.0 Å². The first kappa shape index (κ1) is 26.3. The number of hydrogen-bond acceptors (Lipinski definition) is 6. The van der Waals surface area contributed by atoms with Gasteiger partial charge in [-0.15, -0.1) is 13.2 Å². The molecule has 1 amide bonds. The molecule has 3 rings (SSSR count). The highest BCUT2D eigenvalue weighted by Crippen LogP contribution is 2.21. The van der Waals surface area contributed by atoms with Gasteiger partial charge < -0.3 is 9.30 Å². The van der Waals surface area contributed by atoms with Crippen LogP contribution in [0.3, 0.4) is 0 Å². The summed E-state index contributed by atoms with van der Waals surface area (Å²) in [5.74, 6) is -0.905. The van der Waals surface area contributed by atoms with Crippen molar-refractivity contribution in [2.75, 3.05) is 19.7 Å². The predicted molar refractivity (Wildman–Crippen MR) is 137 cm³/mol. The number of aryl methyl sites for hydroxylation is 1. The molecule has 35 heavy (non-hydrogen) atoms. The summed E-state index contributed by atoms with van der Waals surface area (Å²) in [6.07, 6.45) is 3.00. The smallest absolute Gasteiger partial charge is 0.338 e. The molecule has 3 aromatic rings. The third-order valence-corrected chi connectivity index (χ3v) is 8.00. The molecule has 8 nitrogen and oxygen atoms in total. The van der Waals surface area contributed by atoms with Crippen LogP contribution in [0.5, 0.6) is 0 Å². The van der Waals surface area contributed by atoms with Crippen molar-refractivity contribution >= 4 is 43.5 Å². The van der Waals surface area contributed by atoms with Gasteiger partial charge in [-0.25, -0.2) is 13.2 Å². The van der Waals surface area contributed by atoms with Gasteiger partial charge in [-0.05, 0) is 56.3 Å². The second kappa shape index (κ2) is 11.4. The number of thiazole rings is 1. The Labute approximate surface area is 208 Å². The van der Waals surface area contributed by atoms with E-state index in [-0.39, 0.29) is 30.2 Å². The van der Waals surface area contributed by atoms with E-state index in [1.807, 2.05) is 17.6 Å². The molecule has 0 aliphatic rings. The normalized spacial score (nSPS) is 12.1. The molecule has 0 radical (unpaired) electrons. The van der Waals surface area contributed by atoms with Crippen molar-refractivity contribution in [2.24, 2.45) is 4.99 Å². The van der Waals surface area contributed by atoms with Gasteiger partial charge in [0, 0.05) is 25.2 Å². The van der Waals surface area contributed by atoms with Gasteiger partial charge in [0.2, 0.25) is 10.0 Å². The van der Waals surface area contributed by atoms with E-state index in [0.717, 1.165) is 10.2 Å². The minimum atomic E-state index is -3.76. The first-order chi connectivity index (χ1) is 16.8. The highest BCUT2D eigenvalue weighted by atomic mass is 32.2. The van der Waals surface area contributed by atoms with Gasteiger partial charge in [0.1, 0.15) is 0 Å². The molecule has 1 heterocycles. The fourth-order valence-corrected chi connectivity index (χ4v) is 5.95. The maximum atomic E-state index is 12.9. The third kappa shape index (κ3) is 5.67. The Morgan fingerprint density at radius 3 is 2.26 bits per heavy atom. The number of ether oxygens (including phenoxy) is 1. The largest absolute Gasteiger partial charge is 0.462 e. The Morgan fingerprint density at radius 2 is 1.69 bits per heavy atom. The fraction of sp³-hybridized carbons (Fsp3) is 0.240. The lowest BCUT2D eigenvalue weighted by Crippen LogP contribution is -2.31. The first-order valence-electron chi connectivity index (χ1n) is 11.0. The van der Waals surface area contributed by atoms with Crippen LogP contribution in [-0.2, 0) is 21.3 Å². The molecule has 0 spiro atoms. The maximum Gasteiger partial charge on any atom is 0.338 e. The van der Waals surface area contributed by atoms with E-state index in [0.29, 0.717) is 16.9 Å². The standard InChI is InChI=1S/C25H27N3O5S2/c1-5-15-27(16-6-2)35(31,32)20-12-9-18(10-13-20)23(29)26-25-28(7-3)21-14-11-19(17-22(21)34-25)24(30)33-8-4/h5-6,9-14,17H,1-2,7-8,15-16H2,3-4H3. The molecule has 0 fully saturated rings. The van der Waals surface area contributed by atoms with Gasteiger partial charge in [-0.2, -0.15) is 9.30 Å². The van der Waals surface area contributed by atoms with Crippen LogP contribution < -0.4 is 4.80 Å². The van der Waals surface area contributed by atoms with Crippen LogP contribution in [0.1, 0.15) is 34.6 Å². The zero-order chi connectivity index (χ0) is 25.6. The lowest BCUT2D eigenvalue weighted by molar-refractivity contribution is 0.0526. The Balaban J connectivity index is 1.95. The lowest BCUT2D eigenvalue weighted by Gasteiger charge is -2.19. The maximum absolute atomic E-state index is 12.9. The summed E-state index contributed by atoms with van der Waals surface area (Å²) < 4.78 is 34.7. The summed E-state index contributed by atoms with van der Waals surface area (Å²) in [7, 11) is -3.76. The van der Waals surface area contributed by atoms with E-state index in [1.165, 1.54) is 52.1 Å². The number of esters is 1. The van der Waals surface area contributed by atoms with E-state index in [2.05, 4.69) is 18.2 Å². The van der Waals surface area contributed by atoms with Crippen molar-refractivity contribution in [1.82, 2.24) is 8.87 Å². The minimum absolute atomic E-state index is 0.0646. The molecule has 184 valence electrons. The number of amides is 1. The molecule has 0 aliphatic heterocycles. The molecule has 0 aliphatic carbocycles. The summed E-state index contributed by atoms with van der Waals surface area (Å²) in [6.45, 7) is 12.0. The quantitative estimate of drug-likeness (QED) is 0.301. The minimum Gasteiger partial charge on any atom is -0.462 e. The van der Waals surface area contributed by atoms with Crippen molar-refractivity contribution in [2.45, 2.75) is 25.3 Å². The number of aromatic nitrogens is 1. The molecule has 0 saturated heterocycles. The molecule has 10 heteroatoms. The van der Waals surface area contributed by atoms with Crippen molar-refractivity contribution in [3.63, 3.8) is 0 Å². The third-order valence-electron chi connectivity index (χ3n) is 5.11. The van der Waals surface area contributed by atoms with Gasteiger partial charge in [-0.3, -0.25) is 4.79 Å². The fourth-order valence-electron chi connectivity index (χ4n) is 3.43. The lowest BCUT2D eigenvalue weighted by atomic mass is 10.2. The summed E-state index contributed by atoms with van der Waals surface area (Å²) in [4.78, 5) is 29.8. The van der Waals surface area contributed by atoms with Gasteiger partial charge >= 0.3 is 5.97 Å². The summed E-state index contributed by atoms with van der Waals surface area (Å²) in [5.41, 5.74) is 1.54. The molecule has 2 aromatic carbocycles. The van der Waals surface area contributed by atoms with Crippen LogP contribution in [0.2, 0.25) is 0 Å². The summed E-state index contributed by atoms with van der Waals surface area (Å²) in [6, 6.07) is 10.9. The number of hydrogen-bond donors (Lipinski definition) is 0. The zero-order valence-electron chi connectivity index (χ0n) is 19.6.